The Morgan fingerprint density at radius 2 is 1.73 bits per heavy atom. The average molecular weight is 460 g/mol. The van der Waals surface area contributed by atoms with E-state index in [1.807, 2.05) is 4.90 Å². The molecule has 1 unspecified atom stereocenters. The van der Waals surface area contributed by atoms with E-state index in [4.69, 9.17) is 5.11 Å². The second-order valence-electron chi connectivity index (χ2n) is 8.09. The lowest BCUT2D eigenvalue weighted by Gasteiger charge is -2.42. The zero-order chi connectivity index (χ0) is 21.7. The number of carbonyl (C=O) groups excluding carboxylic acids is 1. The zero-order valence-corrected chi connectivity index (χ0v) is 18.7. The van der Waals surface area contributed by atoms with Crippen molar-refractivity contribution in [3.05, 3.63) is 0 Å². The lowest BCUT2D eigenvalue weighted by Crippen LogP contribution is -2.51. The van der Waals surface area contributed by atoms with Gasteiger partial charge >= 0.3 is 12.0 Å². The highest BCUT2D eigenvalue weighted by Crippen LogP contribution is 2.33. The van der Waals surface area contributed by atoms with Crippen LogP contribution < -0.4 is 9.62 Å². The molecular formula is C18H29N5O5S2. The van der Waals surface area contributed by atoms with Crippen molar-refractivity contribution >= 4 is 44.9 Å². The van der Waals surface area contributed by atoms with Gasteiger partial charge in [0.1, 0.15) is 6.54 Å². The first-order valence-electron chi connectivity index (χ1n) is 10.4. The van der Waals surface area contributed by atoms with E-state index in [9.17, 15) is 18.4 Å². The summed E-state index contributed by atoms with van der Waals surface area (Å²) in [6.45, 7) is 1.55. The van der Waals surface area contributed by atoms with Crippen molar-refractivity contribution in [1.82, 2.24) is 15.1 Å². The molecule has 0 radical (unpaired) electrons. The Balaban J connectivity index is 1.73. The first-order chi connectivity index (χ1) is 14.3. The molecule has 1 heterocycles. The van der Waals surface area contributed by atoms with Crippen LogP contribution in [0.15, 0.2) is 0 Å². The summed E-state index contributed by atoms with van der Waals surface area (Å²) < 4.78 is 21.5. The Labute approximate surface area is 182 Å². The number of carbonyl (C=O) groups is 2. The molecule has 0 aliphatic heterocycles. The molecule has 1 aromatic heterocycles. The van der Waals surface area contributed by atoms with E-state index < -0.39 is 23.8 Å². The van der Waals surface area contributed by atoms with E-state index >= 15 is 0 Å². The number of carboxylic acids is 1. The van der Waals surface area contributed by atoms with Gasteiger partial charge in [0.25, 0.3) is 11.3 Å². The highest BCUT2D eigenvalue weighted by atomic mass is 32.2. The fourth-order valence-corrected chi connectivity index (χ4v) is 5.68. The highest BCUT2D eigenvalue weighted by Gasteiger charge is 2.34. The number of aliphatic carboxylic acids is 1. The zero-order valence-electron chi connectivity index (χ0n) is 17.0. The molecule has 1 aromatic rings. The third kappa shape index (κ3) is 5.88. The van der Waals surface area contributed by atoms with Crippen molar-refractivity contribution in [3.8, 4) is 0 Å². The van der Waals surface area contributed by atoms with E-state index in [1.54, 1.807) is 0 Å². The van der Waals surface area contributed by atoms with E-state index in [0.717, 1.165) is 62.7 Å². The summed E-state index contributed by atoms with van der Waals surface area (Å²) in [7, 11) is 0. The first-order valence-corrected chi connectivity index (χ1v) is 12.3. The molecule has 2 aliphatic carbocycles. The van der Waals surface area contributed by atoms with Crippen LogP contribution in [0.3, 0.4) is 0 Å². The molecule has 3 rings (SSSR count). The molecule has 2 amide bonds. The maximum atomic E-state index is 13.2. The lowest BCUT2D eigenvalue weighted by atomic mass is 9.84. The van der Waals surface area contributed by atoms with E-state index in [2.05, 4.69) is 22.4 Å². The summed E-state index contributed by atoms with van der Waals surface area (Å²) in [6.07, 6.45) is 9.62. The maximum absolute atomic E-state index is 13.2. The SMILES string of the molecule is CC1CCC(N(C(=O)Nc2nnc(N(CC(=O)O)S(=O)O)s2)C2CCCCC2)CC1. The van der Waals surface area contributed by atoms with Gasteiger partial charge in [0.15, 0.2) is 0 Å². The van der Waals surface area contributed by atoms with Crippen LogP contribution in [0.1, 0.15) is 64.7 Å². The Hall–Kier alpha value is -1.79. The van der Waals surface area contributed by atoms with E-state index in [0.29, 0.717) is 10.2 Å². The van der Waals surface area contributed by atoms with Crippen LogP contribution in [0.25, 0.3) is 0 Å². The van der Waals surface area contributed by atoms with Crippen molar-refractivity contribution in [1.29, 1.82) is 0 Å². The molecule has 12 heteroatoms. The van der Waals surface area contributed by atoms with Gasteiger partial charge in [-0.2, -0.15) is 0 Å². The number of hydrogen-bond donors (Lipinski definition) is 3. The lowest BCUT2D eigenvalue weighted by molar-refractivity contribution is -0.135. The molecule has 0 bridgehead atoms. The van der Waals surface area contributed by atoms with Crippen molar-refractivity contribution in [3.63, 3.8) is 0 Å². The average Bonchev–Trinajstić information content (AvgIpc) is 3.16. The van der Waals surface area contributed by atoms with Gasteiger partial charge in [-0.05, 0) is 44.4 Å². The largest absolute Gasteiger partial charge is 0.480 e. The molecule has 2 aliphatic rings. The predicted molar refractivity (Wildman–Crippen MR) is 115 cm³/mol. The number of urea groups is 1. The number of rotatable bonds is 7. The topological polar surface area (TPSA) is 136 Å². The molecule has 2 fully saturated rings. The molecule has 30 heavy (non-hydrogen) atoms. The van der Waals surface area contributed by atoms with Gasteiger partial charge in [-0.1, -0.05) is 37.5 Å². The number of nitrogens with zero attached hydrogens (tertiary/aromatic N) is 4. The van der Waals surface area contributed by atoms with Crippen LogP contribution in [0.4, 0.5) is 15.1 Å². The van der Waals surface area contributed by atoms with Gasteiger partial charge in [0, 0.05) is 12.1 Å². The monoisotopic (exact) mass is 459 g/mol. The quantitative estimate of drug-likeness (QED) is 0.532. The number of carboxylic acid groups (broad SMARTS) is 1. The van der Waals surface area contributed by atoms with Crippen molar-refractivity contribution in [2.45, 2.75) is 76.8 Å². The Bertz CT molecular complexity index is 762. The fourth-order valence-electron chi connectivity index (χ4n) is 4.34. The minimum Gasteiger partial charge on any atom is -0.480 e. The number of aromatic nitrogens is 2. The Kier molecular flexibility index (Phi) is 8.00. The normalized spacial score (nSPS) is 23.5. The summed E-state index contributed by atoms with van der Waals surface area (Å²) in [6, 6.07) is 0.183. The van der Waals surface area contributed by atoms with Crippen LogP contribution in [0.2, 0.25) is 0 Å². The summed E-state index contributed by atoms with van der Waals surface area (Å²) in [5.74, 6) is -0.587. The van der Waals surface area contributed by atoms with Gasteiger partial charge < -0.3 is 10.0 Å². The number of hydrogen-bond acceptors (Lipinski definition) is 6. The fraction of sp³-hybridized carbons (Fsp3) is 0.778. The van der Waals surface area contributed by atoms with Crippen molar-refractivity contribution < 1.29 is 23.5 Å². The molecule has 0 saturated heterocycles. The second-order valence-corrected chi connectivity index (χ2v) is 9.95. The summed E-state index contributed by atoms with van der Waals surface area (Å²) in [5, 5.41) is 19.5. The molecule has 3 N–H and O–H groups in total. The highest BCUT2D eigenvalue weighted by molar-refractivity contribution is 7.81. The van der Waals surface area contributed by atoms with E-state index in [1.165, 1.54) is 6.42 Å². The standard InChI is InChI=1S/C18H29N5O5S2/c1-12-7-9-14(10-8-12)23(13-5-3-2-4-6-13)17(26)19-16-20-21-18(29-16)22(30(27)28)11-15(24)25/h12-14H,2-11H2,1H3,(H,24,25)(H,27,28)(H,19,20,26). The van der Waals surface area contributed by atoms with Crippen LogP contribution in [-0.4, -0.2) is 59.6 Å². The third-order valence-corrected chi connectivity index (χ3v) is 7.55. The Morgan fingerprint density at radius 3 is 2.33 bits per heavy atom. The molecule has 1 atom stereocenters. The van der Waals surface area contributed by atoms with Gasteiger partial charge in [-0.25, -0.2) is 13.3 Å². The van der Waals surface area contributed by atoms with Gasteiger partial charge in [-0.15, -0.1) is 10.2 Å². The van der Waals surface area contributed by atoms with Crippen LogP contribution in [0, 0.1) is 5.92 Å². The molecule has 0 aromatic carbocycles. The molecule has 10 nitrogen and oxygen atoms in total. The van der Waals surface area contributed by atoms with Crippen LogP contribution >= 0.6 is 11.3 Å². The van der Waals surface area contributed by atoms with Crippen LogP contribution in [-0.2, 0) is 16.1 Å². The smallest absolute Gasteiger partial charge is 0.324 e. The number of nitrogens with one attached hydrogen (secondary N) is 1. The van der Waals surface area contributed by atoms with Crippen LogP contribution in [0.5, 0.6) is 0 Å². The van der Waals surface area contributed by atoms with Crippen molar-refractivity contribution in [2.24, 2.45) is 5.92 Å². The summed E-state index contributed by atoms with van der Waals surface area (Å²) >= 11 is -1.68. The molecular weight excluding hydrogens is 430 g/mol. The van der Waals surface area contributed by atoms with Crippen molar-refractivity contribution in [2.75, 3.05) is 16.2 Å². The molecule has 0 spiro atoms. The summed E-state index contributed by atoms with van der Waals surface area (Å²) in [4.78, 5) is 26.1. The van der Waals surface area contributed by atoms with Gasteiger partial charge in [0.05, 0.1) is 0 Å². The predicted octanol–water partition coefficient (Wildman–Crippen LogP) is 3.31. The van der Waals surface area contributed by atoms with E-state index in [-0.39, 0.29) is 28.4 Å². The Morgan fingerprint density at radius 1 is 1.10 bits per heavy atom. The third-order valence-electron chi connectivity index (χ3n) is 5.89. The van der Waals surface area contributed by atoms with Gasteiger partial charge in [0.2, 0.25) is 10.3 Å². The second kappa shape index (κ2) is 10.5. The number of amides is 2. The maximum Gasteiger partial charge on any atom is 0.324 e. The number of anilines is 2. The first kappa shape index (κ1) is 22.9. The minimum atomic E-state index is -2.56. The molecule has 2 saturated carbocycles. The minimum absolute atomic E-state index is 0.0377. The molecule has 168 valence electrons. The van der Waals surface area contributed by atoms with Gasteiger partial charge in [-0.3, -0.25) is 14.7 Å². The summed E-state index contributed by atoms with van der Waals surface area (Å²) in [5.41, 5.74) is 0.